The van der Waals surface area contributed by atoms with Gasteiger partial charge >= 0.3 is 0 Å². The lowest BCUT2D eigenvalue weighted by atomic mass is 9.88. The Morgan fingerprint density at radius 3 is 2.68 bits per heavy atom. The standard InChI is InChI=1S/C30H33ClFN5O7/c1-42-24-8-7-18(32)12-20(24)21-14-36(35-34-21)26-27(40)25(15-38)44-29(28(26)43-2)30(41)37(22-5-3-4-6-23(22)39)19-10-16(13-33)9-17(31)11-19/h7-12,14,22-23,25-29,38-40H,3-6,15H2,1-2H3/t22-,23-,25+,26-,27-,28+,29+/m0/s1. The summed E-state index contributed by atoms with van der Waals surface area (Å²) in [5, 5.41) is 50.6. The molecule has 3 N–H and O–H groups in total. The van der Waals surface area contributed by atoms with Crippen LogP contribution < -0.4 is 9.64 Å². The Bertz CT molecular complexity index is 1530. The van der Waals surface area contributed by atoms with Crippen LogP contribution in [0.25, 0.3) is 11.3 Å². The molecule has 12 nitrogen and oxygen atoms in total. The Kier molecular flexibility index (Phi) is 9.79. The van der Waals surface area contributed by atoms with Crippen molar-refractivity contribution in [3.8, 4) is 23.1 Å². The first-order valence-corrected chi connectivity index (χ1v) is 14.5. The zero-order chi connectivity index (χ0) is 31.5. The van der Waals surface area contributed by atoms with Crippen LogP contribution in [0.3, 0.4) is 0 Å². The molecule has 2 aliphatic rings. The summed E-state index contributed by atoms with van der Waals surface area (Å²) in [6, 6.07) is 8.69. The summed E-state index contributed by atoms with van der Waals surface area (Å²) in [6.07, 6.45) is -2.13. The summed E-state index contributed by atoms with van der Waals surface area (Å²) < 4.78 is 32.5. The minimum atomic E-state index is -1.40. The number of hydrogen-bond donors (Lipinski definition) is 3. The molecule has 0 bridgehead atoms. The number of ether oxygens (including phenoxy) is 3. The van der Waals surface area contributed by atoms with Gasteiger partial charge in [0, 0.05) is 23.4 Å². The third-order valence-electron chi connectivity index (χ3n) is 8.19. The Labute approximate surface area is 258 Å². The van der Waals surface area contributed by atoms with E-state index in [1.165, 1.54) is 66.4 Å². The molecule has 0 spiro atoms. The van der Waals surface area contributed by atoms with E-state index in [9.17, 15) is 29.8 Å². The van der Waals surface area contributed by atoms with Crippen molar-refractivity contribution >= 4 is 23.2 Å². The first-order chi connectivity index (χ1) is 21.2. The number of amides is 1. The second kappa shape index (κ2) is 13.6. The number of nitriles is 1. The number of hydrogen-bond acceptors (Lipinski definition) is 10. The monoisotopic (exact) mass is 629 g/mol. The molecule has 14 heteroatoms. The summed E-state index contributed by atoms with van der Waals surface area (Å²) in [7, 11) is 2.77. The van der Waals surface area contributed by atoms with E-state index in [0.29, 0.717) is 24.2 Å². The highest BCUT2D eigenvalue weighted by atomic mass is 35.5. The first-order valence-electron chi connectivity index (χ1n) is 14.2. The molecule has 0 radical (unpaired) electrons. The summed E-state index contributed by atoms with van der Waals surface area (Å²) in [6.45, 7) is -0.640. The fraction of sp³-hybridized carbons (Fsp3) is 0.467. The molecule has 1 amide bonds. The molecular weight excluding hydrogens is 597 g/mol. The van der Waals surface area contributed by atoms with Crippen molar-refractivity contribution in [3.05, 3.63) is 59.0 Å². The molecule has 1 saturated carbocycles. The van der Waals surface area contributed by atoms with Crippen LogP contribution in [0.5, 0.6) is 5.75 Å². The predicted octanol–water partition coefficient (Wildman–Crippen LogP) is 2.63. The van der Waals surface area contributed by atoms with Gasteiger partial charge in [0.1, 0.15) is 41.6 Å². The van der Waals surface area contributed by atoms with Crippen molar-refractivity contribution < 1.29 is 38.7 Å². The zero-order valence-electron chi connectivity index (χ0n) is 24.1. The van der Waals surface area contributed by atoms with E-state index in [2.05, 4.69) is 10.3 Å². The number of anilines is 1. The molecule has 1 aliphatic carbocycles. The third-order valence-corrected chi connectivity index (χ3v) is 8.41. The van der Waals surface area contributed by atoms with E-state index >= 15 is 0 Å². The highest BCUT2D eigenvalue weighted by molar-refractivity contribution is 6.31. The number of nitrogens with zero attached hydrogens (tertiary/aromatic N) is 5. The smallest absolute Gasteiger partial charge is 0.259 e. The molecule has 7 atom stereocenters. The average Bonchev–Trinajstić information content (AvgIpc) is 3.51. The summed E-state index contributed by atoms with van der Waals surface area (Å²) in [4.78, 5) is 15.9. The largest absolute Gasteiger partial charge is 0.496 e. The average molecular weight is 630 g/mol. The van der Waals surface area contributed by atoms with Crippen molar-refractivity contribution in [1.29, 1.82) is 5.26 Å². The molecule has 0 unspecified atom stereocenters. The molecule has 1 saturated heterocycles. The van der Waals surface area contributed by atoms with Crippen LogP contribution in [0, 0.1) is 17.1 Å². The second-order valence-electron chi connectivity index (χ2n) is 10.8. The van der Waals surface area contributed by atoms with Crippen molar-refractivity contribution in [2.45, 2.75) is 68.3 Å². The van der Waals surface area contributed by atoms with Crippen LogP contribution in [-0.2, 0) is 14.3 Å². The van der Waals surface area contributed by atoms with Gasteiger partial charge in [0.05, 0.1) is 43.7 Å². The van der Waals surface area contributed by atoms with Gasteiger partial charge in [-0.25, -0.2) is 9.07 Å². The normalized spacial score (nSPS) is 27.0. The molecule has 3 aromatic rings. The van der Waals surface area contributed by atoms with Crippen LogP contribution >= 0.6 is 11.6 Å². The quantitative estimate of drug-likeness (QED) is 0.337. The molecule has 5 rings (SSSR count). The van der Waals surface area contributed by atoms with Crippen molar-refractivity contribution in [2.24, 2.45) is 0 Å². The van der Waals surface area contributed by atoms with Crippen molar-refractivity contribution in [1.82, 2.24) is 15.0 Å². The summed E-state index contributed by atoms with van der Waals surface area (Å²) in [5.41, 5.74) is 1.04. The number of rotatable bonds is 8. The van der Waals surface area contributed by atoms with Crippen LogP contribution in [0.1, 0.15) is 37.3 Å². The highest BCUT2D eigenvalue weighted by Gasteiger charge is 2.52. The minimum Gasteiger partial charge on any atom is -0.496 e. The number of halogens is 2. The molecule has 2 heterocycles. The maximum absolute atomic E-state index is 14.5. The SMILES string of the molecule is COc1ccc(F)cc1-c1cn([C@H]2[C@@H](O)[C@@H](CO)O[C@@H](C(=O)N(c3cc(Cl)cc(C#N)c3)[C@H]3CCCC[C@@H]3O)[C@@H]2OC)nn1. The van der Waals surface area contributed by atoms with Gasteiger partial charge < -0.3 is 34.4 Å². The van der Waals surface area contributed by atoms with Crippen molar-refractivity contribution in [2.75, 3.05) is 25.7 Å². The highest BCUT2D eigenvalue weighted by Crippen LogP contribution is 2.38. The lowest BCUT2D eigenvalue weighted by Gasteiger charge is -2.46. The second-order valence-corrected chi connectivity index (χ2v) is 11.3. The van der Waals surface area contributed by atoms with Crippen molar-refractivity contribution in [3.63, 3.8) is 0 Å². The van der Waals surface area contributed by atoms with E-state index in [-0.39, 0.29) is 22.0 Å². The maximum Gasteiger partial charge on any atom is 0.259 e. The van der Waals surface area contributed by atoms with Crippen LogP contribution in [0.4, 0.5) is 10.1 Å². The molecule has 44 heavy (non-hydrogen) atoms. The zero-order valence-corrected chi connectivity index (χ0v) is 24.8. The number of aliphatic hydroxyl groups excluding tert-OH is 3. The van der Waals surface area contributed by atoms with Gasteiger partial charge in [-0.1, -0.05) is 29.7 Å². The number of benzene rings is 2. The molecule has 2 aromatic carbocycles. The van der Waals surface area contributed by atoms with Crippen LogP contribution in [0.15, 0.2) is 42.6 Å². The number of carbonyl (C=O) groups excluding carboxylic acids is 1. The molecule has 1 aromatic heterocycles. The fourth-order valence-electron chi connectivity index (χ4n) is 6.08. The first kappa shape index (κ1) is 31.8. The van der Waals surface area contributed by atoms with E-state index in [0.717, 1.165) is 12.8 Å². The Morgan fingerprint density at radius 2 is 2.00 bits per heavy atom. The van der Waals surface area contributed by atoms with Gasteiger partial charge in [0.15, 0.2) is 6.10 Å². The van der Waals surface area contributed by atoms with Crippen LogP contribution in [0.2, 0.25) is 5.02 Å². The Hall–Kier alpha value is -3.64. The van der Waals surface area contributed by atoms with Gasteiger partial charge in [-0.3, -0.25) is 4.79 Å². The van der Waals surface area contributed by atoms with E-state index in [1.54, 1.807) is 0 Å². The van der Waals surface area contributed by atoms with Gasteiger partial charge in [0.2, 0.25) is 0 Å². The van der Waals surface area contributed by atoms with Gasteiger partial charge in [0.25, 0.3) is 5.91 Å². The summed E-state index contributed by atoms with van der Waals surface area (Å²) >= 11 is 6.32. The number of aromatic nitrogens is 3. The fourth-order valence-corrected chi connectivity index (χ4v) is 6.30. The Balaban J connectivity index is 1.57. The van der Waals surface area contributed by atoms with E-state index in [4.69, 9.17) is 25.8 Å². The molecule has 2 fully saturated rings. The Morgan fingerprint density at radius 1 is 1.23 bits per heavy atom. The maximum atomic E-state index is 14.5. The number of aliphatic hydroxyl groups is 3. The molecule has 1 aliphatic heterocycles. The van der Waals surface area contributed by atoms with Gasteiger partial charge in [-0.2, -0.15) is 5.26 Å². The third kappa shape index (κ3) is 6.14. The number of methoxy groups -OCH3 is 2. The lowest BCUT2D eigenvalue weighted by molar-refractivity contribution is -0.211. The van der Waals surface area contributed by atoms with Crippen LogP contribution in [-0.4, -0.2) is 93.6 Å². The summed E-state index contributed by atoms with van der Waals surface area (Å²) in [5.74, 6) is -0.806. The molecular formula is C30H33ClFN5O7. The predicted molar refractivity (Wildman–Crippen MR) is 155 cm³/mol. The van der Waals surface area contributed by atoms with E-state index in [1.807, 2.05) is 6.07 Å². The lowest BCUT2D eigenvalue weighted by Crippen LogP contribution is -2.63. The van der Waals surface area contributed by atoms with E-state index < -0.39 is 60.9 Å². The van der Waals surface area contributed by atoms with Gasteiger partial charge in [-0.15, -0.1) is 5.10 Å². The minimum absolute atomic E-state index is 0.216. The molecule has 234 valence electrons. The van der Waals surface area contributed by atoms with Gasteiger partial charge in [-0.05, 0) is 49.2 Å². The number of carbonyl (C=O) groups is 1. The topological polar surface area (TPSA) is 163 Å².